The molecule has 0 N–H and O–H groups in total. The first-order valence-electron chi connectivity index (χ1n) is 18.0. The molecule has 0 saturated heterocycles. The molecule has 3 heterocycles. The summed E-state index contributed by atoms with van der Waals surface area (Å²) in [7, 11) is 0. The Kier molecular flexibility index (Phi) is 8.85. The zero-order chi connectivity index (χ0) is 37.8. The molecule has 0 aliphatic carbocycles. The monoisotopic (exact) mass is 715 g/mol. The molecule has 0 spiro atoms. The van der Waals surface area contributed by atoms with Crippen LogP contribution in [0.5, 0.6) is 0 Å². The van der Waals surface area contributed by atoms with E-state index in [1.54, 1.807) is 24.3 Å². The van der Waals surface area contributed by atoms with Crippen LogP contribution in [0.15, 0.2) is 176 Å². The molecule has 0 bridgehead atoms. The Hall–Kier alpha value is -8.13. The van der Waals surface area contributed by atoms with Gasteiger partial charge in [-0.05, 0) is 59.7 Å². The minimum Gasteiger partial charge on any atom is -0.244 e. The fraction of sp³-hybridized carbons (Fsp3) is 0. The van der Waals surface area contributed by atoms with Gasteiger partial charge in [-0.15, -0.1) is 0 Å². The Morgan fingerprint density at radius 3 is 1.23 bits per heavy atom. The van der Waals surface area contributed by atoms with Crippen LogP contribution >= 0.6 is 0 Å². The van der Waals surface area contributed by atoms with Gasteiger partial charge in [-0.25, -0.2) is 24.9 Å². The van der Waals surface area contributed by atoms with Crippen LogP contribution in [0.1, 0.15) is 11.1 Å². The maximum Gasteiger partial charge on any atom is 0.179 e. The summed E-state index contributed by atoms with van der Waals surface area (Å²) < 4.78 is 0. The molecule has 0 aliphatic rings. The van der Waals surface area contributed by atoms with E-state index in [-0.39, 0.29) is 0 Å². The second kappa shape index (κ2) is 14.7. The number of hydrogen-bond donors (Lipinski definition) is 0. The molecule has 0 aliphatic heterocycles. The number of fused-ring (bicyclic) bond motifs is 1. The van der Waals surface area contributed by atoms with E-state index < -0.39 is 0 Å². The van der Waals surface area contributed by atoms with E-state index in [1.807, 2.05) is 97.1 Å². The van der Waals surface area contributed by atoms with Crippen molar-refractivity contribution in [2.24, 2.45) is 0 Å². The highest BCUT2D eigenvalue weighted by Gasteiger charge is 2.14. The standard InChI is InChI=1S/C49H29N7/c50-30-32-10-14-38(15-11-32)45-29-46(39-16-12-33(31-51)13-17-39)54-48(53-45)41-24-20-35(21-25-41)34-18-22-40(23-19-34)47-28-44(36-6-2-1-3-7-36)55-49(56-47)43-27-26-37-8-4-5-9-42(37)52-43/h1-29H. The van der Waals surface area contributed by atoms with Crippen molar-refractivity contribution in [2.45, 2.75) is 0 Å². The van der Waals surface area contributed by atoms with Crippen molar-refractivity contribution in [3.05, 3.63) is 187 Å². The van der Waals surface area contributed by atoms with Crippen LogP contribution in [-0.4, -0.2) is 24.9 Å². The Morgan fingerprint density at radius 1 is 0.304 bits per heavy atom. The number of benzene rings is 6. The smallest absolute Gasteiger partial charge is 0.179 e. The van der Waals surface area contributed by atoms with Crippen LogP contribution in [0.25, 0.3) is 90.0 Å². The van der Waals surface area contributed by atoms with Crippen LogP contribution in [-0.2, 0) is 0 Å². The lowest BCUT2D eigenvalue weighted by atomic mass is 10.0. The molecule has 7 heteroatoms. The van der Waals surface area contributed by atoms with Crippen molar-refractivity contribution in [3.8, 4) is 91.2 Å². The van der Waals surface area contributed by atoms with Crippen molar-refractivity contribution >= 4 is 10.9 Å². The van der Waals surface area contributed by atoms with Crippen LogP contribution in [0.3, 0.4) is 0 Å². The third-order valence-electron chi connectivity index (χ3n) is 9.63. The topological polar surface area (TPSA) is 112 Å². The fourth-order valence-electron chi connectivity index (χ4n) is 6.61. The molecule has 0 unspecified atom stereocenters. The van der Waals surface area contributed by atoms with Gasteiger partial charge in [-0.3, -0.25) is 0 Å². The Labute approximate surface area is 323 Å². The number of pyridine rings is 1. The summed E-state index contributed by atoms with van der Waals surface area (Å²) in [5.41, 5.74) is 12.6. The largest absolute Gasteiger partial charge is 0.244 e. The summed E-state index contributed by atoms with van der Waals surface area (Å²) >= 11 is 0. The van der Waals surface area contributed by atoms with Gasteiger partial charge in [0.1, 0.15) is 5.69 Å². The minimum absolute atomic E-state index is 0.569. The van der Waals surface area contributed by atoms with Crippen LogP contribution in [0.2, 0.25) is 0 Å². The summed E-state index contributed by atoms with van der Waals surface area (Å²) in [5.74, 6) is 1.14. The first-order valence-corrected chi connectivity index (χ1v) is 18.0. The molecule has 0 fully saturated rings. The number of rotatable bonds is 7. The van der Waals surface area contributed by atoms with E-state index >= 15 is 0 Å². The highest BCUT2D eigenvalue weighted by molar-refractivity contribution is 5.82. The van der Waals surface area contributed by atoms with Crippen molar-refractivity contribution in [1.82, 2.24) is 24.9 Å². The average molecular weight is 716 g/mol. The van der Waals surface area contributed by atoms with E-state index in [2.05, 4.69) is 66.7 Å². The zero-order valence-corrected chi connectivity index (χ0v) is 29.9. The lowest BCUT2D eigenvalue weighted by molar-refractivity contribution is 1.16. The zero-order valence-electron chi connectivity index (χ0n) is 29.9. The van der Waals surface area contributed by atoms with Gasteiger partial charge in [-0.2, -0.15) is 10.5 Å². The van der Waals surface area contributed by atoms with E-state index in [0.717, 1.165) is 78.3 Å². The number of nitriles is 2. The molecular weight excluding hydrogens is 687 g/mol. The first-order chi connectivity index (χ1) is 27.6. The minimum atomic E-state index is 0.569. The normalized spacial score (nSPS) is 10.8. The molecule has 0 amide bonds. The Morgan fingerprint density at radius 2 is 0.714 bits per heavy atom. The van der Waals surface area contributed by atoms with Gasteiger partial charge in [0, 0.05) is 33.2 Å². The second-order valence-electron chi connectivity index (χ2n) is 13.2. The molecule has 3 aromatic heterocycles. The lowest BCUT2D eigenvalue weighted by Gasteiger charge is -2.11. The molecule has 0 radical (unpaired) electrons. The molecule has 9 rings (SSSR count). The van der Waals surface area contributed by atoms with E-state index in [9.17, 15) is 10.5 Å². The molecule has 0 saturated carbocycles. The van der Waals surface area contributed by atoms with Crippen molar-refractivity contribution in [1.29, 1.82) is 10.5 Å². The highest BCUT2D eigenvalue weighted by Crippen LogP contribution is 2.32. The van der Waals surface area contributed by atoms with Crippen LogP contribution in [0, 0.1) is 22.7 Å². The number of nitrogens with zero attached hydrogens (tertiary/aromatic N) is 7. The van der Waals surface area contributed by atoms with Gasteiger partial charge in [0.15, 0.2) is 11.6 Å². The fourth-order valence-corrected chi connectivity index (χ4v) is 6.61. The van der Waals surface area contributed by atoms with E-state index in [0.29, 0.717) is 22.8 Å². The molecule has 7 nitrogen and oxygen atoms in total. The molecule has 6 aromatic carbocycles. The molecule has 0 atom stereocenters. The van der Waals surface area contributed by atoms with Crippen molar-refractivity contribution in [2.75, 3.05) is 0 Å². The van der Waals surface area contributed by atoms with Gasteiger partial charge in [-0.1, -0.05) is 127 Å². The SMILES string of the molecule is N#Cc1ccc(-c2cc(-c3ccc(C#N)cc3)nc(-c3ccc(-c4ccc(-c5cc(-c6ccccc6)nc(-c6ccc7ccccc7n6)n5)cc4)cc3)n2)cc1. The quantitative estimate of drug-likeness (QED) is 0.161. The van der Waals surface area contributed by atoms with Crippen LogP contribution in [0.4, 0.5) is 0 Å². The maximum absolute atomic E-state index is 9.32. The Balaban J connectivity index is 1.04. The summed E-state index contributed by atoms with van der Waals surface area (Å²) in [6, 6.07) is 61.8. The third-order valence-corrected chi connectivity index (χ3v) is 9.63. The lowest BCUT2D eigenvalue weighted by Crippen LogP contribution is -1.97. The third kappa shape index (κ3) is 6.88. The first kappa shape index (κ1) is 33.7. The van der Waals surface area contributed by atoms with E-state index in [1.165, 1.54) is 0 Å². The predicted molar refractivity (Wildman–Crippen MR) is 220 cm³/mol. The van der Waals surface area contributed by atoms with Gasteiger partial charge in [0.05, 0.1) is 51.6 Å². The summed E-state index contributed by atoms with van der Waals surface area (Å²) in [6.07, 6.45) is 0. The Bertz CT molecular complexity index is 2870. The van der Waals surface area contributed by atoms with Gasteiger partial charge in [0.2, 0.25) is 0 Å². The average Bonchev–Trinajstić information content (AvgIpc) is 3.29. The van der Waals surface area contributed by atoms with Gasteiger partial charge >= 0.3 is 0 Å². The van der Waals surface area contributed by atoms with Gasteiger partial charge in [0.25, 0.3) is 0 Å². The van der Waals surface area contributed by atoms with E-state index in [4.69, 9.17) is 24.9 Å². The summed E-state index contributed by atoms with van der Waals surface area (Å²) in [5, 5.41) is 19.7. The molecule has 9 aromatic rings. The van der Waals surface area contributed by atoms with Crippen LogP contribution < -0.4 is 0 Å². The molecule has 56 heavy (non-hydrogen) atoms. The number of para-hydroxylation sites is 1. The van der Waals surface area contributed by atoms with Gasteiger partial charge < -0.3 is 0 Å². The maximum atomic E-state index is 9.32. The van der Waals surface area contributed by atoms with Crippen molar-refractivity contribution < 1.29 is 0 Å². The molecular formula is C49H29N7. The summed E-state index contributed by atoms with van der Waals surface area (Å²) in [4.78, 5) is 24.8. The highest BCUT2D eigenvalue weighted by atomic mass is 14.9. The predicted octanol–water partition coefficient (Wildman–Crippen LogP) is 11.2. The molecule has 260 valence electrons. The summed E-state index contributed by atoms with van der Waals surface area (Å²) in [6.45, 7) is 0. The number of hydrogen-bond acceptors (Lipinski definition) is 7. The van der Waals surface area contributed by atoms with Crippen molar-refractivity contribution in [3.63, 3.8) is 0 Å². The second-order valence-corrected chi connectivity index (χ2v) is 13.2. The number of aromatic nitrogens is 5.